The van der Waals surface area contributed by atoms with Gasteiger partial charge in [0.05, 0.1) is 5.92 Å². The van der Waals surface area contributed by atoms with Gasteiger partial charge in [0, 0.05) is 36.2 Å². The van der Waals surface area contributed by atoms with Crippen molar-refractivity contribution in [3.63, 3.8) is 0 Å². The standard InChI is InChI=1S/C26H28N2O4/c1-16-6-3-4-8-20(16)23-14-27-24(29)22-13-18(9-10-21(22)23)12-17(2)25(30)28-11-5-7-19(15-28)26(31)32/h3-4,6,8-10,13-14,17,19H,5,7,11-12,15H2,1-2H3,(H,27,29)(H,31,32)/t17?,19-/m0/s1. The predicted molar refractivity (Wildman–Crippen MR) is 125 cm³/mol. The molecule has 0 bridgehead atoms. The number of aryl methyl sites for hydroxylation is 1. The summed E-state index contributed by atoms with van der Waals surface area (Å²) in [5, 5.41) is 10.8. The molecular formula is C26H28N2O4. The zero-order chi connectivity index (χ0) is 22.8. The van der Waals surface area contributed by atoms with Crippen molar-refractivity contribution in [1.29, 1.82) is 0 Å². The highest BCUT2D eigenvalue weighted by Gasteiger charge is 2.30. The molecule has 2 heterocycles. The van der Waals surface area contributed by atoms with E-state index in [1.54, 1.807) is 11.1 Å². The van der Waals surface area contributed by atoms with Crippen molar-refractivity contribution in [3.8, 4) is 11.1 Å². The van der Waals surface area contributed by atoms with Gasteiger partial charge in [0.2, 0.25) is 5.91 Å². The van der Waals surface area contributed by atoms with Crippen molar-refractivity contribution in [2.45, 2.75) is 33.1 Å². The summed E-state index contributed by atoms with van der Waals surface area (Å²) in [7, 11) is 0. The van der Waals surface area contributed by atoms with Gasteiger partial charge in [0.15, 0.2) is 0 Å². The molecule has 0 radical (unpaired) electrons. The maximum Gasteiger partial charge on any atom is 0.308 e. The Morgan fingerprint density at radius 1 is 1.16 bits per heavy atom. The van der Waals surface area contributed by atoms with Crippen LogP contribution in [0.4, 0.5) is 0 Å². The van der Waals surface area contributed by atoms with Gasteiger partial charge in [-0.15, -0.1) is 0 Å². The molecule has 2 N–H and O–H groups in total. The lowest BCUT2D eigenvalue weighted by atomic mass is 9.93. The number of hydrogen-bond donors (Lipinski definition) is 2. The Kier molecular flexibility index (Phi) is 6.12. The Morgan fingerprint density at radius 3 is 2.69 bits per heavy atom. The van der Waals surface area contributed by atoms with Crippen LogP contribution in [-0.2, 0) is 16.0 Å². The van der Waals surface area contributed by atoms with Gasteiger partial charge in [-0.2, -0.15) is 0 Å². The molecule has 2 aromatic carbocycles. The van der Waals surface area contributed by atoms with E-state index in [1.165, 1.54) is 0 Å². The number of amides is 1. The number of carbonyl (C=O) groups excluding carboxylic acids is 1. The molecule has 0 aliphatic carbocycles. The highest BCUT2D eigenvalue weighted by atomic mass is 16.4. The number of H-pyrrole nitrogens is 1. The number of carboxylic acid groups (broad SMARTS) is 1. The van der Waals surface area contributed by atoms with Gasteiger partial charge in [-0.3, -0.25) is 14.4 Å². The number of likely N-dealkylation sites (tertiary alicyclic amines) is 1. The number of fused-ring (bicyclic) bond motifs is 1. The van der Waals surface area contributed by atoms with Gasteiger partial charge < -0.3 is 15.0 Å². The Balaban J connectivity index is 1.58. The average molecular weight is 433 g/mol. The summed E-state index contributed by atoms with van der Waals surface area (Å²) in [6.07, 6.45) is 3.58. The highest BCUT2D eigenvalue weighted by molar-refractivity contribution is 5.96. The van der Waals surface area contributed by atoms with E-state index in [1.807, 2.05) is 56.3 Å². The molecule has 1 amide bonds. The van der Waals surface area contributed by atoms with Crippen LogP contribution < -0.4 is 5.56 Å². The number of hydrogen-bond acceptors (Lipinski definition) is 3. The van der Waals surface area contributed by atoms with Crippen LogP contribution in [0.5, 0.6) is 0 Å². The van der Waals surface area contributed by atoms with E-state index in [4.69, 9.17) is 0 Å². The smallest absolute Gasteiger partial charge is 0.308 e. The highest BCUT2D eigenvalue weighted by Crippen LogP contribution is 2.29. The molecule has 3 aromatic rings. The molecule has 32 heavy (non-hydrogen) atoms. The summed E-state index contributed by atoms with van der Waals surface area (Å²) >= 11 is 0. The molecule has 4 rings (SSSR count). The van der Waals surface area contributed by atoms with E-state index < -0.39 is 11.9 Å². The minimum absolute atomic E-state index is 0.0291. The fraction of sp³-hybridized carbons (Fsp3) is 0.346. The molecule has 1 saturated heterocycles. The van der Waals surface area contributed by atoms with Gasteiger partial charge in [-0.05, 0) is 54.3 Å². The topological polar surface area (TPSA) is 90.5 Å². The first-order valence-corrected chi connectivity index (χ1v) is 11.1. The first-order valence-electron chi connectivity index (χ1n) is 11.1. The quantitative estimate of drug-likeness (QED) is 0.638. The number of rotatable bonds is 5. The normalized spacial score (nSPS) is 17.3. The van der Waals surface area contributed by atoms with Crippen LogP contribution in [0.2, 0.25) is 0 Å². The Hall–Kier alpha value is -3.41. The zero-order valence-electron chi connectivity index (χ0n) is 18.4. The van der Waals surface area contributed by atoms with E-state index in [0.29, 0.717) is 31.2 Å². The monoisotopic (exact) mass is 432 g/mol. The van der Waals surface area contributed by atoms with Crippen LogP contribution in [-0.4, -0.2) is 40.0 Å². The number of aliphatic carboxylic acids is 1. The molecule has 1 aliphatic heterocycles. The van der Waals surface area contributed by atoms with Crippen LogP contribution in [0.1, 0.15) is 30.9 Å². The maximum absolute atomic E-state index is 12.9. The summed E-state index contributed by atoms with van der Waals surface area (Å²) in [5.41, 5.74) is 3.94. The number of pyridine rings is 1. The molecule has 0 saturated carbocycles. The minimum atomic E-state index is -0.839. The van der Waals surface area contributed by atoms with Crippen LogP contribution in [0, 0.1) is 18.8 Å². The lowest BCUT2D eigenvalue weighted by Gasteiger charge is -2.32. The lowest BCUT2D eigenvalue weighted by molar-refractivity contribution is -0.146. The van der Waals surface area contributed by atoms with Crippen molar-refractivity contribution in [3.05, 3.63) is 70.1 Å². The van der Waals surface area contributed by atoms with Crippen LogP contribution in [0.15, 0.2) is 53.5 Å². The molecule has 2 atom stereocenters. The first-order chi connectivity index (χ1) is 15.3. The summed E-state index contributed by atoms with van der Waals surface area (Å²) < 4.78 is 0. The van der Waals surface area contributed by atoms with E-state index in [2.05, 4.69) is 4.98 Å². The summed E-state index contributed by atoms with van der Waals surface area (Å²) in [5.74, 6) is -1.65. The molecule has 6 heteroatoms. The van der Waals surface area contributed by atoms with Crippen LogP contribution >= 0.6 is 0 Å². The van der Waals surface area contributed by atoms with Gasteiger partial charge in [0.1, 0.15) is 0 Å². The summed E-state index contributed by atoms with van der Waals surface area (Å²) in [6, 6.07) is 13.9. The second kappa shape index (κ2) is 8.99. The number of nitrogens with one attached hydrogen (secondary N) is 1. The number of piperidine rings is 1. The SMILES string of the molecule is Cc1ccccc1-c1c[nH]c(=O)c2cc(CC(C)C(=O)N3CCC[C@H](C(=O)O)C3)ccc12. The average Bonchev–Trinajstić information content (AvgIpc) is 2.80. The van der Waals surface area contributed by atoms with Crippen LogP contribution in [0.25, 0.3) is 21.9 Å². The third-order valence-corrected chi connectivity index (χ3v) is 6.45. The molecule has 166 valence electrons. The van der Waals surface area contributed by atoms with E-state index in [0.717, 1.165) is 27.6 Å². The number of aromatic amines is 1. The third-order valence-electron chi connectivity index (χ3n) is 6.45. The molecule has 1 aliphatic rings. The fourth-order valence-electron chi connectivity index (χ4n) is 4.66. The maximum atomic E-state index is 12.9. The summed E-state index contributed by atoms with van der Waals surface area (Å²) in [4.78, 5) is 41.4. The second-order valence-electron chi connectivity index (χ2n) is 8.79. The zero-order valence-corrected chi connectivity index (χ0v) is 18.4. The Labute approximate surface area is 186 Å². The van der Waals surface area contributed by atoms with Crippen molar-refractivity contribution >= 4 is 22.6 Å². The fourth-order valence-corrected chi connectivity index (χ4v) is 4.66. The molecular weight excluding hydrogens is 404 g/mol. The van der Waals surface area contributed by atoms with Crippen molar-refractivity contribution < 1.29 is 14.7 Å². The number of benzene rings is 2. The number of carbonyl (C=O) groups is 2. The number of carboxylic acids is 1. The summed E-state index contributed by atoms with van der Waals surface area (Å²) in [6.45, 7) is 4.79. The molecule has 1 unspecified atom stereocenters. The molecule has 1 fully saturated rings. The van der Waals surface area contributed by atoms with Gasteiger partial charge in [0.25, 0.3) is 5.56 Å². The molecule has 6 nitrogen and oxygen atoms in total. The van der Waals surface area contributed by atoms with Crippen molar-refractivity contribution in [2.75, 3.05) is 13.1 Å². The van der Waals surface area contributed by atoms with Gasteiger partial charge in [-0.1, -0.05) is 43.3 Å². The number of aromatic nitrogens is 1. The van der Waals surface area contributed by atoms with Gasteiger partial charge >= 0.3 is 5.97 Å². The molecule has 0 spiro atoms. The van der Waals surface area contributed by atoms with Crippen molar-refractivity contribution in [2.24, 2.45) is 11.8 Å². The Morgan fingerprint density at radius 2 is 1.94 bits per heavy atom. The third kappa shape index (κ3) is 4.31. The van der Waals surface area contributed by atoms with E-state index in [9.17, 15) is 19.5 Å². The van der Waals surface area contributed by atoms with E-state index >= 15 is 0 Å². The second-order valence-corrected chi connectivity index (χ2v) is 8.79. The van der Waals surface area contributed by atoms with E-state index in [-0.39, 0.29) is 23.9 Å². The predicted octanol–water partition coefficient (Wildman–Crippen LogP) is 4.01. The number of nitrogens with zero attached hydrogens (tertiary/aromatic N) is 1. The first kappa shape index (κ1) is 21.8. The van der Waals surface area contributed by atoms with Crippen molar-refractivity contribution in [1.82, 2.24) is 9.88 Å². The lowest BCUT2D eigenvalue weighted by Crippen LogP contribution is -2.44. The Bertz CT molecular complexity index is 1230. The minimum Gasteiger partial charge on any atom is -0.481 e. The van der Waals surface area contributed by atoms with Gasteiger partial charge in [-0.25, -0.2) is 0 Å². The van der Waals surface area contributed by atoms with Crippen LogP contribution in [0.3, 0.4) is 0 Å². The molecule has 1 aromatic heterocycles. The largest absolute Gasteiger partial charge is 0.481 e.